The van der Waals surface area contributed by atoms with Crippen molar-refractivity contribution < 1.29 is 27.1 Å². The van der Waals surface area contributed by atoms with E-state index in [0.717, 1.165) is 12.1 Å². The highest BCUT2D eigenvalue weighted by Gasteiger charge is 2.27. The van der Waals surface area contributed by atoms with Crippen LogP contribution in [0.2, 0.25) is 0 Å². The van der Waals surface area contributed by atoms with Gasteiger partial charge in [0.2, 0.25) is 5.89 Å². The second-order valence-corrected chi connectivity index (χ2v) is 8.24. The second-order valence-electron chi connectivity index (χ2n) is 8.24. The van der Waals surface area contributed by atoms with Gasteiger partial charge in [0.05, 0.1) is 17.3 Å². The van der Waals surface area contributed by atoms with Gasteiger partial charge in [0, 0.05) is 37.6 Å². The molecule has 3 aromatic carbocycles. The van der Waals surface area contributed by atoms with Gasteiger partial charge in [-0.25, -0.2) is 18.2 Å². The Morgan fingerprint density at radius 2 is 1.63 bits per heavy atom. The number of aromatic nitrogens is 1. The number of halogens is 3. The summed E-state index contributed by atoms with van der Waals surface area (Å²) in [6, 6.07) is 16.4. The molecule has 35 heavy (non-hydrogen) atoms. The van der Waals surface area contributed by atoms with Crippen LogP contribution < -0.4 is 4.74 Å². The minimum Gasteiger partial charge on any atom is -0.487 e. The van der Waals surface area contributed by atoms with Crippen LogP contribution in [0, 0.1) is 17.5 Å². The number of rotatable bonds is 5. The summed E-state index contributed by atoms with van der Waals surface area (Å²) in [4.78, 5) is 19.3. The van der Waals surface area contributed by atoms with E-state index in [0.29, 0.717) is 37.1 Å². The van der Waals surface area contributed by atoms with Gasteiger partial charge in [-0.1, -0.05) is 24.3 Å². The number of likely N-dealkylation sites (tertiary alicyclic amines) is 1. The molecule has 1 saturated heterocycles. The summed E-state index contributed by atoms with van der Waals surface area (Å²) in [6.45, 7) is 0.819. The first-order valence-electron chi connectivity index (χ1n) is 11.2. The number of piperidine rings is 1. The topological polar surface area (TPSA) is 55.6 Å². The Balaban J connectivity index is 1.30. The van der Waals surface area contributed by atoms with E-state index < -0.39 is 17.5 Å². The van der Waals surface area contributed by atoms with Crippen molar-refractivity contribution in [3.8, 4) is 28.5 Å². The highest BCUT2D eigenvalue weighted by Crippen LogP contribution is 2.31. The summed E-state index contributed by atoms with van der Waals surface area (Å²) >= 11 is 0. The van der Waals surface area contributed by atoms with Crippen molar-refractivity contribution in [3.05, 3.63) is 95.9 Å². The molecule has 1 fully saturated rings. The van der Waals surface area contributed by atoms with Gasteiger partial charge in [-0.05, 0) is 36.4 Å². The molecule has 1 aliphatic heterocycles. The van der Waals surface area contributed by atoms with Crippen LogP contribution in [0.1, 0.15) is 23.2 Å². The van der Waals surface area contributed by atoms with Crippen LogP contribution in [-0.4, -0.2) is 35.0 Å². The molecule has 0 aliphatic carbocycles. The lowest BCUT2D eigenvalue weighted by atomic mass is 10.0. The van der Waals surface area contributed by atoms with Crippen LogP contribution in [0.15, 0.2) is 77.3 Å². The molecule has 2 heterocycles. The molecule has 4 aromatic rings. The summed E-state index contributed by atoms with van der Waals surface area (Å²) < 4.78 is 52.7. The van der Waals surface area contributed by atoms with E-state index >= 15 is 0 Å². The SMILES string of the molecule is O=C(c1ccccc1-c1ncc(-c2ccccc2F)o1)N1CCC(Oc2ccc(F)cc2F)CC1. The van der Waals surface area contributed by atoms with Crippen LogP contribution in [0.25, 0.3) is 22.8 Å². The highest BCUT2D eigenvalue weighted by atomic mass is 19.1. The van der Waals surface area contributed by atoms with Crippen LogP contribution in [0.3, 0.4) is 0 Å². The smallest absolute Gasteiger partial charge is 0.254 e. The number of benzene rings is 3. The molecule has 0 N–H and O–H groups in total. The fourth-order valence-electron chi connectivity index (χ4n) is 4.14. The fourth-order valence-corrected chi connectivity index (χ4v) is 4.14. The summed E-state index contributed by atoms with van der Waals surface area (Å²) in [7, 11) is 0. The lowest BCUT2D eigenvalue weighted by Gasteiger charge is -2.32. The lowest BCUT2D eigenvalue weighted by Crippen LogP contribution is -2.42. The summed E-state index contributed by atoms with van der Waals surface area (Å²) in [5, 5.41) is 0. The Labute approximate surface area is 199 Å². The van der Waals surface area contributed by atoms with Crippen LogP contribution in [0.5, 0.6) is 5.75 Å². The molecule has 0 atom stereocenters. The van der Waals surface area contributed by atoms with Gasteiger partial charge < -0.3 is 14.1 Å². The van der Waals surface area contributed by atoms with E-state index in [9.17, 15) is 18.0 Å². The largest absolute Gasteiger partial charge is 0.487 e. The Hall–Kier alpha value is -4.07. The molecule has 0 bridgehead atoms. The highest BCUT2D eigenvalue weighted by molar-refractivity contribution is 6.00. The van der Waals surface area contributed by atoms with Gasteiger partial charge in [-0.2, -0.15) is 0 Å². The predicted octanol–water partition coefficient (Wildman–Crippen LogP) is 6.11. The van der Waals surface area contributed by atoms with Crippen LogP contribution in [-0.2, 0) is 0 Å². The van der Waals surface area contributed by atoms with Crippen molar-refractivity contribution in [2.45, 2.75) is 18.9 Å². The Bertz CT molecular complexity index is 1360. The molecule has 1 aliphatic rings. The average Bonchev–Trinajstić information content (AvgIpc) is 3.36. The number of carbonyl (C=O) groups excluding carboxylic acids is 1. The molecule has 178 valence electrons. The summed E-state index contributed by atoms with van der Waals surface area (Å²) in [5.74, 6) is -1.55. The summed E-state index contributed by atoms with van der Waals surface area (Å²) in [5.41, 5.74) is 1.21. The number of nitrogens with zero attached hydrogens (tertiary/aromatic N) is 2. The maximum absolute atomic E-state index is 14.2. The van der Waals surface area contributed by atoms with E-state index in [4.69, 9.17) is 9.15 Å². The predicted molar refractivity (Wildman–Crippen MR) is 123 cm³/mol. The minimum absolute atomic E-state index is 0.00364. The van der Waals surface area contributed by atoms with Crippen molar-refractivity contribution in [2.75, 3.05) is 13.1 Å². The Morgan fingerprint density at radius 1 is 0.914 bits per heavy atom. The number of oxazole rings is 1. The van der Waals surface area contributed by atoms with Gasteiger partial charge in [0.15, 0.2) is 17.3 Å². The van der Waals surface area contributed by atoms with E-state index in [2.05, 4.69) is 4.98 Å². The average molecular weight is 478 g/mol. The molecule has 0 spiro atoms. The molecule has 5 rings (SSSR count). The first-order valence-corrected chi connectivity index (χ1v) is 11.2. The number of amides is 1. The monoisotopic (exact) mass is 478 g/mol. The van der Waals surface area contributed by atoms with E-state index in [1.54, 1.807) is 47.4 Å². The van der Waals surface area contributed by atoms with Crippen molar-refractivity contribution in [1.82, 2.24) is 9.88 Å². The number of ether oxygens (including phenoxy) is 1. The van der Waals surface area contributed by atoms with Gasteiger partial charge in [0.1, 0.15) is 17.7 Å². The maximum atomic E-state index is 14.2. The third-order valence-corrected chi connectivity index (χ3v) is 5.95. The normalized spacial score (nSPS) is 14.2. The zero-order chi connectivity index (χ0) is 24.4. The van der Waals surface area contributed by atoms with Crippen LogP contribution >= 0.6 is 0 Å². The molecule has 0 unspecified atom stereocenters. The fraction of sp³-hybridized carbons (Fsp3) is 0.185. The number of hydrogen-bond donors (Lipinski definition) is 0. The first kappa shape index (κ1) is 22.7. The maximum Gasteiger partial charge on any atom is 0.254 e. The second kappa shape index (κ2) is 9.66. The number of hydrogen-bond acceptors (Lipinski definition) is 4. The third kappa shape index (κ3) is 4.77. The molecular weight excluding hydrogens is 457 g/mol. The van der Waals surface area contributed by atoms with E-state index in [1.807, 2.05) is 0 Å². The molecule has 1 aromatic heterocycles. The molecule has 0 radical (unpaired) electrons. The molecule has 0 saturated carbocycles. The van der Waals surface area contributed by atoms with Crippen LogP contribution in [0.4, 0.5) is 13.2 Å². The zero-order valence-corrected chi connectivity index (χ0v) is 18.6. The van der Waals surface area contributed by atoms with E-state index in [-0.39, 0.29) is 35.0 Å². The summed E-state index contributed by atoms with van der Waals surface area (Å²) in [6.07, 6.45) is 2.15. The van der Waals surface area contributed by atoms with Crippen molar-refractivity contribution in [3.63, 3.8) is 0 Å². The molecule has 1 amide bonds. The lowest BCUT2D eigenvalue weighted by molar-refractivity contribution is 0.0588. The minimum atomic E-state index is -0.752. The third-order valence-electron chi connectivity index (χ3n) is 5.95. The van der Waals surface area contributed by atoms with Crippen molar-refractivity contribution in [1.29, 1.82) is 0 Å². The van der Waals surface area contributed by atoms with Gasteiger partial charge in [-0.3, -0.25) is 4.79 Å². The quantitative estimate of drug-likeness (QED) is 0.347. The number of carbonyl (C=O) groups is 1. The Morgan fingerprint density at radius 3 is 2.37 bits per heavy atom. The standard InChI is InChI=1S/C27H21F3N2O3/c28-17-9-10-24(23(30)15-17)34-18-11-13-32(14-12-18)27(33)20-6-2-1-5-19(20)26-31-16-25(35-26)21-7-3-4-8-22(21)29/h1-10,15-16,18H,11-14H2. The van der Waals surface area contributed by atoms with Crippen molar-refractivity contribution in [2.24, 2.45) is 0 Å². The van der Waals surface area contributed by atoms with Crippen molar-refractivity contribution >= 4 is 5.91 Å². The van der Waals surface area contributed by atoms with Gasteiger partial charge >= 0.3 is 0 Å². The van der Waals surface area contributed by atoms with Gasteiger partial charge in [-0.15, -0.1) is 0 Å². The van der Waals surface area contributed by atoms with E-state index in [1.165, 1.54) is 18.3 Å². The molecule has 5 nitrogen and oxygen atoms in total. The zero-order valence-electron chi connectivity index (χ0n) is 18.6. The first-order chi connectivity index (χ1) is 17.0. The molecule has 8 heteroatoms. The molecular formula is C27H21F3N2O3. The Kier molecular flexibility index (Phi) is 6.27. The van der Waals surface area contributed by atoms with Gasteiger partial charge in [0.25, 0.3) is 5.91 Å².